The maximum Gasteiger partial charge on any atom is 0.331 e. The van der Waals surface area contributed by atoms with Crippen LogP contribution in [0.3, 0.4) is 0 Å². The van der Waals surface area contributed by atoms with E-state index < -0.39 is 109 Å². The fourth-order valence-electron chi connectivity index (χ4n) is 5.67. The molecule has 19 nitrogen and oxygen atoms in total. The smallest absolute Gasteiger partial charge is 0.331 e. The highest BCUT2D eigenvalue weighted by atomic mass is 16.6. The number of benzene rings is 1. The molecule has 0 saturated carbocycles. The van der Waals surface area contributed by atoms with Gasteiger partial charge in [0, 0.05) is 0 Å². The average molecular weight is 885 g/mol. The molecule has 7 N–H and O–H groups in total. The molecule has 9 amide bonds. The monoisotopic (exact) mass is 885 g/mol. The van der Waals surface area contributed by atoms with Crippen LogP contribution < -0.4 is 37.2 Å². The van der Waals surface area contributed by atoms with Gasteiger partial charge in [0.25, 0.3) is 11.8 Å². The van der Waals surface area contributed by atoms with E-state index in [2.05, 4.69) is 37.2 Å². The molecular formula is C44H68N8O11. The maximum atomic E-state index is 13.6. The number of carbonyl (C=O) groups is 10. The summed E-state index contributed by atoms with van der Waals surface area (Å²) < 4.78 is 5.40. The van der Waals surface area contributed by atoms with Crippen molar-refractivity contribution in [1.29, 1.82) is 0 Å². The van der Waals surface area contributed by atoms with Crippen molar-refractivity contribution in [3.05, 3.63) is 35.4 Å². The summed E-state index contributed by atoms with van der Waals surface area (Å²) in [7, 11) is 0. The van der Waals surface area contributed by atoms with Gasteiger partial charge in [-0.1, -0.05) is 12.1 Å². The zero-order valence-corrected chi connectivity index (χ0v) is 40.2. The van der Waals surface area contributed by atoms with Gasteiger partial charge in [0.15, 0.2) is 0 Å². The van der Waals surface area contributed by atoms with Crippen molar-refractivity contribution < 1.29 is 52.7 Å². The number of amides is 9. The summed E-state index contributed by atoms with van der Waals surface area (Å²) in [4.78, 5) is 135. The molecule has 1 aromatic rings. The van der Waals surface area contributed by atoms with Crippen LogP contribution in [-0.4, -0.2) is 114 Å². The molecule has 350 valence electrons. The number of rotatable bonds is 16. The van der Waals surface area contributed by atoms with Gasteiger partial charge in [0.2, 0.25) is 41.4 Å². The lowest BCUT2D eigenvalue weighted by atomic mass is 9.93. The van der Waals surface area contributed by atoms with Crippen LogP contribution in [0.25, 0.3) is 0 Å². The lowest BCUT2D eigenvalue weighted by Gasteiger charge is -2.38. The molecule has 1 aliphatic rings. The van der Waals surface area contributed by atoms with Gasteiger partial charge in [0.05, 0.1) is 11.1 Å². The summed E-state index contributed by atoms with van der Waals surface area (Å²) in [5, 5.41) is 18.1. The molecule has 1 aromatic carbocycles. The zero-order valence-electron chi connectivity index (χ0n) is 40.2. The molecule has 0 fully saturated rings. The summed E-state index contributed by atoms with van der Waals surface area (Å²) in [6.07, 6.45) is 0. The normalized spacial score (nSPS) is 14.2. The largest absolute Gasteiger partial charge is 0.458 e. The number of ether oxygens (including phenoxy) is 1. The zero-order chi connectivity index (χ0) is 49.5. The third kappa shape index (κ3) is 12.4. The number of hydrogen-bond acceptors (Lipinski definition) is 11. The molecule has 0 bridgehead atoms. The molecule has 0 aromatic heterocycles. The maximum absolute atomic E-state index is 13.6. The third-order valence-corrected chi connectivity index (χ3v) is 10.2. The van der Waals surface area contributed by atoms with Gasteiger partial charge in [-0.15, -0.1) is 0 Å². The first-order chi connectivity index (χ1) is 27.9. The second kappa shape index (κ2) is 17.4. The molecule has 19 heteroatoms. The Balaban J connectivity index is 2.08. The van der Waals surface area contributed by atoms with Gasteiger partial charge < -0.3 is 42.0 Å². The average Bonchev–Trinajstić information content (AvgIpc) is 3.35. The van der Waals surface area contributed by atoms with E-state index in [9.17, 15) is 47.9 Å². The molecular weight excluding hydrogens is 817 g/mol. The Kier molecular flexibility index (Phi) is 14.7. The quantitative estimate of drug-likeness (QED) is 0.0927. The molecule has 0 atom stereocenters. The van der Waals surface area contributed by atoms with Crippen LogP contribution in [0.4, 0.5) is 0 Å². The predicted molar refractivity (Wildman–Crippen MR) is 232 cm³/mol. The van der Waals surface area contributed by atoms with E-state index >= 15 is 0 Å². The standard InChI is InChI=1S/C44H68N8O11/c1-36(2,3)63-35(62)43(16,17)50-33(60)41(12,13)48-31(58)39(8,9)46-29(56)37(4,5)45-28(55)38(6,7)47-30(57)40(10,11)49-32(59)42(14,15)51-34(61)44(18,19)52-26(53)24-22-20-21-23-25(24)27(52)54/h20-23H,1-19H3,(H,45,55)(H,46,56)(H,47,57)(H,48,58)(H,49,59)(H,50,60)(H,51,61). The Morgan fingerprint density at radius 2 is 0.603 bits per heavy atom. The molecule has 1 heterocycles. The lowest BCUT2D eigenvalue weighted by molar-refractivity contribution is -0.163. The van der Waals surface area contributed by atoms with E-state index in [-0.39, 0.29) is 11.1 Å². The minimum Gasteiger partial charge on any atom is -0.458 e. The highest BCUT2D eigenvalue weighted by Gasteiger charge is 2.50. The van der Waals surface area contributed by atoms with Crippen LogP contribution in [0.15, 0.2) is 24.3 Å². The fourth-order valence-corrected chi connectivity index (χ4v) is 5.67. The van der Waals surface area contributed by atoms with Crippen LogP contribution >= 0.6 is 0 Å². The highest BCUT2D eigenvalue weighted by Crippen LogP contribution is 2.30. The number of esters is 1. The van der Waals surface area contributed by atoms with Gasteiger partial charge in [-0.3, -0.25) is 48.1 Å². The molecule has 0 radical (unpaired) electrons. The van der Waals surface area contributed by atoms with Gasteiger partial charge >= 0.3 is 5.97 Å². The second-order valence-electron chi connectivity index (χ2n) is 21.1. The first-order valence-corrected chi connectivity index (χ1v) is 20.4. The van der Waals surface area contributed by atoms with Crippen molar-refractivity contribution in [1.82, 2.24) is 42.1 Å². The number of imide groups is 1. The van der Waals surface area contributed by atoms with Crippen molar-refractivity contribution in [2.45, 2.75) is 181 Å². The topological polar surface area (TPSA) is 267 Å². The Hall–Kier alpha value is -5.88. The third-order valence-electron chi connectivity index (χ3n) is 10.2. The fraction of sp³-hybridized carbons (Fsp3) is 0.636. The number of nitrogens with one attached hydrogen (secondary N) is 7. The van der Waals surface area contributed by atoms with Crippen molar-refractivity contribution in [2.24, 2.45) is 0 Å². The summed E-state index contributed by atoms with van der Waals surface area (Å²) in [6, 6.07) is 6.15. The molecule has 1 aliphatic heterocycles. The van der Waals surface area contributed by atoms with E-state index in [4.69, 9.17) is 4.74 Å². The molecule has 0 spiro atoms. The predicted octanol–water partition coefficient (Wildman–Crippen LogP) is 1.67. The Bertz CT molecular complexity index is 2050. The van der Waals surface area contributed by atoms with Gasteiger partial charge in [-0.05, 0) is 144 Å². The van der Waals surface area contributed by atoms with E-state index in [0.717, 1.165) is 4.90 Å². The first-order valence-electron chi connectivity index (χ1n) is 20.4. The van der Waals surface area contributed by atoms with Crippen molar-refractivity contribution >= 4 is 59.1 Å². The lowest BCUT2D eigenvalue weighted by Crippen LogP contribution is -2.69. The summed E-state index contributed by atoms with van der Waals surface area (Å²) >= 11 is 0. The Morgan fingerprint density at radius 3 is 0.841 bits per heavy atom. The number of hydrogen-bond donors (Lipinski definition) is 7. The minimum atomic E-state index is -1.72. The Morgan fingerprint density at radius 1 is 0.381 bits per heavy atom. The van der Waals surface area contributed by atoms with Crippen molar-refractivity contribution in [2.75, 3.05) is 0 Å². The Labute approximate surface area is 370 Å². The van der Waals surface area contributed by atoms with Crippen LogP contribution in [0.2, 0.25) is 0 Å². The van der Waals surface area contributed by atoms with E-state index in [1.807, 2.05) is 0 Å². The highest BCUT2D eigenvalue weighted by molar-refractivity contribution is 6.23. The minimum absolute atomic E-state index is 0.147. The van der Waals surface area contributed by atoms with E-state index in [1.54, 1.807) is 32.9 Å². The van der Waals surface area contributed by atoms with Crippen LogP contribution in [0.1, 0.15) is 152 Å². The van der Waals surface area contributed by atoms with Crippen LogP contribution in [-0.2, 0) is 43.1 Å². The van der Waals surface area contributed by atoms with E-state index in [0.29, 0.717) is 0 Å². The molecule has 63 heavy (non-hydrogen) atoms. The SMILES string of the molecule is CC(C)(C)OC(=O)C(C)(C)NC(=O)C(C)(C)NC(=O)C(C)(C)NC(=O)C(C)(C)NC(=O)C(C)(C)NC(=O)C(C)(C)NC(=O)C(C)(C)NC(=O)C(C)(C)N1C(=O)c2ccccc2C1=O. The summed E-state index contributed by atoms with van der Waals surface area (Å²) in [6.45, 7) is 27.3. The molecule has 0 unspecified atom stereocenters. The first kappa shape index (κ1) is 53.3. The molecule has 0 saturated heterocycles. The van der Waals surface area contributed by atoms with Gasteiger partial charge in [0.1, 0.15) is 49.9 Å². The molecule has 0 aliphatic carbocycles. The number of nitrogens with zero attached hydrogens (tertiary/aromatic N) is 1. The van der Waals surface area contributed by atoms with Crippen molar-refractivity contribution in [3.63, 3.8) is 0 Å². The van der Waals surface area contributed by atoms with Crippen molar-refractivity contribution in [3.8, 4) is 0 Å². The summed E-state index contributed by atoms with van der Waals surface area (Å²) in [5.74, 6) is -7.53. The van der Waals surface area contributed by atoms with E-state index in [1.165, 1.54) is 123 Å². The molecule has 2 rings (SSSR count). The summed E-state index contributed by atoms with van der Waals surface area (Å²) in [5.41, 5.74) is -13.6. The number of carbonyl (C=O) groups excluding carboxylic acids is 10. The van der Waals surface area contributed by atoms with Crippen LogP contribution in [0, 0.1) is 0 Å². The second-order valence-corrected chi connectivity index (χ2v) is 21.1. The van der Waals surface area contributed by atoms with Crippen LogP contribution in [0.5, 0.6) is 0 Å². The van der Waals surface area contributed by atoms with Gasteiger partial charge in [-0.2, -0.15) is 0 Å². The number of fused-ring (bicyclic) bond motifs is 1. The van der Waals surface area contributed by atoms with Gasteiger partial charge in [-0.25, -0.2) is 4.79 Å².